The summed E-state index contributed by atoms with van der Waals surface area (Å²) in [5.41, 5.74) is 2.60. The Morgan fingerprint density at radius 3 is 2.86 bits per heavy atom. The molecule has 1 aliphatic heterocycles. The normalized spacial score (nSPS) is 14.3. The van der Waals surface area contributed by atoms with Gasteiger partial charge in [0.15, 0.2) is 0 Å². The number of urea groups is 1. The summed E-state index contributed by atoms with van der Waals surface area (Å²) in [5.74, 6) is 5.87. The van der Waals surface area contributed by atoms with Gasteiger partial charge in [-0.15, -0.1) is 0 Å². The molecule has 5 heteroatoms. The molecule has 5 nitrogen and oxygen atoms in total. The summed E-state index contributed by atoms with van der Waals surface area (Å²) in [6.45, 7) is 4.40. The fourth-order valence-electron chi connectivity index (χ4n) is 2.12. The number of nitrogens with one attached hydrogen (secondary N) is 1. The molecule has 1 aromatic carbocycles. The molecule has 21 heavy (non-hydrogen) atoms. The number of aryl methyl sites for hydroxylation is 1. The van der Waals surface area contributed by atoms with Crippen LogP contribution in [-0.4, -0.2) is 48.9 Å². The van der Waals surface area contributed by atoms with E-state index < -0.39 is 0 Å². The van der Waals surface area contributed by atoms with Crippen LogP contribution >= 0.6 is 0 Å². The zero-order valence-corrected chi connectivity index (χ0v) is 12.2. The van der Waals surface area contributed by atoms with E-state index in [0.717, 1.165) is 16.8 Å². The number of anilines is 1. The molecule has 0 aromatic heterocycles. The van der Waals surface area contributed by atoms with E-state index in [1.165, 1.54) is 0 Å². The molecule has 1 heterocycles. The van der Waals surface area contributed by atoms with Gasteiger partial charge in [0.1, 0.15) is 0 Å². The molecule has 0 aliphatic carbocycles. The monoisotopic (exact) mass is 288 g/mol. The van der Waals surface area contributed by atoms with Crippen molar-refractivity contribution in [3.8, 4) is 11.8 Å². The van der Waals surface area contributed by atoms with Gasteiger partial charge < -0.3 is 20.1 Å². The van der Waals surface area contributed by atoms with Crippen molar-refractivity contribution in [1.82, 2.24) is 4.90 Å². The van der Waals surface area contributed by atoms with Crippen molar-refractivity contribution in [2.45, 2.75) is 13.3 Å². The second kappa shape index (κ2) is 7.67. The molecule has 0 atom stereocenters. The number of nitrogens with zero attached hydrogens (tertiary/aromatic N) is 1. The summed E-state index contributed by atoms with van der Waals surface area (Å²) in [4.78, 5) is 13.9. The Balaban J connectivity index is 2.05. The first-order valence-corrected chi connectivity index (χ1v) is 7.04. The van der Waals surface area contributed by atoms with Crippen LogP contribution in [0.5, 0.6) is 0 Å². The van der Waals surface area contributed by atoms with E-state index in [1.807, 2.05) is 25.1 Å². The third-order valence-electron chi connectivity index (χ3n) is 3.10. The van der Waals surface area contributed by atoms with Crippen LogP contribution in [0.3, 0.4) is 0 Å². The van der Waals surface area contributed by atoms with Gasteiger partial charge in [0.2, 0.25) is 0 Å². The van der Waals surface area contributed by atoms with Gasteiger partial charge in [0.25, 0.3) is 0 Å². The number of aliphatic hydroxyl groups is 1. The predicted molar refractivity (Wildman–Crippen MR) is 81.2 cm³/mol. The third kappa shape index (κ3) is 4.78. The summed E-state index contributed by atoms with van der Waals surface area (Å²) in [6, 6.07) is 5.60. The molecule has 1 fully saturated rings. The maximum atomic E-state index is 12.1. The lowest BCUT2D eigenvalue weighted by molar-refractivity contribution is 0.0564. The molecule has 0 saturated carbocycles. The highest BCUT2D eigenvalue weighted by atomic mass is 16.5. The molecular weight excluding hydrogens is 268 g/mol. The second-order valence-electron chi connectivity index (χ2n) is 4.89. The third-order valence-corrected chi connectivity index (χ3v) is 3.10. The summed E-state index contributed by atoms with van der Waals surface area (Å²) in [5, 5.41) is 11.6. The first kappa shape index (κ1) is 15.4. The molecule has 2 rings (SSSR count). The largest absolute Gasteiger partial charge is 0.395 e. The number of benzene rings is 1. The number of amides is 2. The van der Waals surface area contributed by atoms with E-state index in [2.05, 4.69) is 17.2 Å². The van der Waals surface area contributed by atoms with Gasteiger partial charge in [-0.05, 0) is 30.7 Å². The molecule has 2 N–H and O–H groups in total. The number of carbonyl (C=O) groups excluding carboxylic acids is 1. The van der Waals surface area contributed by atoms with Crippen molar-refractivity contribution in [3.05, 3.63) is 29.3 Å². The number of morpholine rings is 1. The molecular formula is C16H20N2O3. The Labute approximate surface area is 124 Å². The lowest BCUT2D eigenvalue weighted by atomic mass is 10.1. The Hall–Kier alpha value is -2.03. The Kier molecular flexibility index (Phi) is 5.61. The molecule has 0 unspecified atom stereocenters. The minimum atomic E-state index is -0.113. The van der Waals surface area contributed by atoms with Gasteiger partial charge in [-0.25, -0.2) is 4.79 Å². The average molecular weight is 288 g/mol. The van der Waals surface area contributed by atoms with E-state index in [4.69, 9.17) is 9.84 Å². The van der Waals surface area contributed by atoms with Crippen LogP contribution in [0.2, 0.25) is 0 Å². The van der Waals surface area contributed by atoms with Crippen LogP contribution in [0.1, 0.15) is 17.5 Å². The Bertz CT molecular complexity index is 554. The lowest BCUT2D eigenvalue weighted by Gasteiger charge is -2.27. The van der Waals surface area contributed by atoms with Crippen molar-refractivity contribution in [1.29, 1.82) is 0 Å². The molecule has 112 valence electrons. The van der Waals surface area contributed by atoms with Gasteiger partial charge in [-0.3, -0.25) is 0 Å². The van der Waals surface area contributed by atoms with Crippen LogP contribution in [0, 0.1) is 18.8 Å². The van der Waals surface area contributed by atoms with Gasteiger partial charge in [0.05, 0.1) is 19.8 Å². The number of ether oxygens (including phenoxy) is 1. The smallest absolute Gasteiger partial charge is 0.322 e. The number of aliphatic hydroxyl groups excluding tert-OH is 1. The first-order valence-electron chi connectivity index (χ1n) is 7.04. The van der Waals surface area contributed by atoms with Gasteiger partial charge >= 0.3 is 6.03 Å². The fourth-order valence-corrected chi connectivity index (χ4v) is 2.12. The van der Waals surface area contributed by atoms with E-state index in [9.17, 15) is 4.79 Å². The molecule has 2 amide bonds. The van der Waals surface area contributed by atoms with E-state index in [-0.39, 0.29) is 12.6 Å². The van der Waals surface area contributed by atoms with E-state index in [0.29, 0.717) is 32.7 Å². The highest BCUT2D eigenvalue weighted by molar-refractivity contribution is 5.89. The Morgan fingerprint density at radius 2 is 2.14 bits per heavy atom. The summed E-state index contributed by atoms with van der Waals surface area (Å²) >= 11 is 0. The first-order chi connectivity index (χ1) is 10.2. The summed E-state index contributed by atoms with van der Waals surface area (Å²) < 4.78 is 5.23. The Morgan fingerprint density at radius 1 is 1.38 bits per heavy atom. The quantitative estimate of drug-likeness (QED) is 0.813. The van der Waals surface area contributed by atoms with Crippen LogP contribution in [0.25, 0.3) is 0 Å². The topological polar surface area (TPSA) is 61.8 Å². The number of rotatable bonds is 2. The maximum Gasteiger partial charge on any atom is 0.322 e. The van der Waals surface area contributed by atoms with Crippen molar-refractivity contribution >= 4 is 11.7 Å². The van der Waals surface area contributed by atoms with E-state index in [1.54, 1.807) is 4.90 Å². The second-order valence-corrected chi connectivity index (χ2v) is 4.89. The van der Waals surface area contributed by atoms with Crippen LogP contribution < -0.4 is 5.32 Å². The molecule has 1 saturated heterocycles. The fraction of sp³-hybridized carbons (Fsp3) is 0.438. The van der Waals surface area contributed by atoms with Crippen molar-refractivity contribution in [3.63, 3.8) is 0 Å². The number of carbonyl (C=O) groups is 1. The molecule has 1 aromatic rings. The zero-order chi connectivity index (χ0) is 15.1. The maximum absolute atomic E-state index is 12.1. The van der Waals surface area contributed by atoms with Crippen molar-refractivity contribution in [2.24, 2.45) is 0 Å². The van der Waals surface area contributed by atoms with Crippen LogP contribution in [-0.2, 0) is 4.74 Å². The lowest BCUT2D eigenvalue weighted by Crippen LogP contribution is -2.43. The minimum absolute atomic E-state index is 0.0550. The number of hydrogen-bond donors (Lipinski definition) is 2. The van der Waals surface area contributed by atoms with Crippen molar-refractivity contribution < 1.29 is 14.6 Å². The van der Waals surface area contributed by atoms with Crippen molar-refractivity contribution in [2.75, 3.05) is 38.2 Å². The zero-order valence-electron chi connectivity index (χ0n) is 12.2. The molecule has 0 radical (unpaired) electrons. The molecule has 1 aliphatic rings. The molecule has 0 spiro atoms. The highest BCUT2D eigenvalue weighted by Gasteiger charge is 2.16. The van der Waals surface area contributed by atoms with Gasteiger partial charge in [-0.2, -0.15) is 0 Å². The van der Waals surface area contributed by atoms with Gasteiger partial charge in [0, 0.05) is 30.8 Å². The van der Waals surface area contributed by atoms with Crippen LogP contribution in [0.4, 0.5) is 10.5 Å². The van der Waals surface area contributed by atoms with E-state index >= 15 is 0 Å². The highest BCUT2D eigenvalue weighted by Crippen LogP contribution is 2.15. The SMILES string of the molecule is Cc1cc(C#CCCO)cc(NC(=O)N2CCOCC2)c1. The summed E-state index contributed by atoms with van der Waals surface area (Å²) in [7, 11) is 0. The number of hydrogen-bond acceptors (Lipinski definition) is 3. The average Bonchev–Trinajstić information content (AvgIpc) is 2.48. The minimum Gasteiger partial charge on any atom is -0.395 e. The van der Waals surface area contributed by atoms with Crippen LogP contribution in [0.15, 0.2) is 18.2 Å². The standard InChI is InChI=1S/C16H20N2O3/c1-13-10-14(4-2-3-7-19)12-15(11-13)17-16(20)18-5-8-21-9-6-18/h10-12,19H,3,5-9H2,1H3,(H,17,20). The summed E-state index contributed by atoms with van der Waals surface area (Å²) in [6.07, 6.45) is 0.448. The van der Waals surface area contributed by atoms with Gasteiger partial charge in [-0.1, -0.05) is 11.8 Å². The molecule has 0 bridgehead atoms. The predicted octanol–water partition coefficient (Wildman–Crippen LogP) is 1.59.